The minimum absolute atomic E-state index is 0.138. The number of halogens is 1. The van der Waals surface area contributed by atoms with Gasteiger partial charge in [-0.2, -0.15) is 0 Å². The van der Waals surface area contributed by atoms with Gasteiger partial charge in [0.1, 0.15) is 5.82 Å². The molecule has 0 aliphatic carbocycles. The normalized spacial score (nSPS) is 14.8. The third-order valence-electron chi connectivity index (χ3n) is 2.22. The van der Waals surface area contributed by atoms with Gasteiger partial charge in [-0.3, -0.25) is 0 Å². The lowest BCUT2D eigenvalue weighted by atomic mass is 10.1. The summed E-state index contributed by atoms with van der Waals surface area (Å²) in [6.45, 7) is 7.71. The minimum atomic E-state index is -0.192. The average molecular weight is 193 g/mol. The van der Waals surface area contributed by atoms with Crippen molar-refractivity contribution in [2.24, 2.45) is 0 Å². The lowest BCUT2D eigenvalue weighted by Gasteiger charge is -2.17. The van der Waals surface area contributed by atoms with Crippen molar-refractivity contribution in [3.05, 3.63) is 48.3 Å². The molecule has 1 nitrogen and oxygen atoms in total. The van der Waals surface area contributed by atoms with E-state index in [1.165, 1.54) is 6.07 Å². The largest absolute Gasteiger partial charge is 0.304 e. The van der Waals surface area contributed by atoms with Crippen LogP contribution in [-0.4, -0.2) is 6.04 Å². The summed E-state index contributed by atoms with van der Waals surface area (Å²) in [6.07, 6.45) is 1.83. The van der Waals surface area contributed by atoms with Crippen LogP contribution in [0.1, 0.15) is 25.5 Å². The van der Waals surface area contributed by atoms with E-state index in [0.29, 0.717) is 0 Å². The van der Waals surface area contributed by atoms with Gasteiger partial charge in [0.25, 0.3) is 0 Å². The summed E-state index contributed by atoms with van der Waals surface area (Å²) >= 11 is 0. The maximum Gasteiger partial charge on any atom is 0.123 e. The second-order valence-corrected chi connectivity index (χ2v) is 3.47. The van der Waals surface area contributed by atoms with Gasteiger partial charge in [-0.15, -0.1) is 6.58 Å². The number of hydrogen-bond donors (Lipinski definition) is 1. The highest BCUT2D eigenvalue weighted by Crippen LogP contribution is 2.13. The van der Waals surface area contributed by atoms with Crippen LogP contribution in [0.5, 0.6) is 0 Å². The van der Waals surface area contributed by atoms with Gasteiger partial charge in [0, 0.05) is 12.1 Å². The summed E-state index contributed by atoms with van der Waals surface area (Å²) in [7, 11) is 0. The molecule has 0 saturated carbocycles. The van der Waals surface area contributed by atoms with Gasteiger partial charge in [-0.25, -0.2) is 4.39 Å². The lowest BCUT2D eigenvalue weighted by Crippen LogP contribution is -2.26. The first-order valence-electron chi connectivity index (χ1n) is 4.77. The Kier molecular flexibility index (Phi) is 3.84. The molecule has 0 saturated heterocycles. The number of nitrogens with one attached hydrogen (secondary N) is 1. The van der Waals surface area contributed by atoms with Gasteiger partial charge >= 0.3 is 0 Å². The molecule has 0 bridgehead atoms. The fraction of sp³-hybridized carbons (Fsp3) is 0.333. The molecule has 0 radical (unpaired) electrons. The quantitative estimate of drug-likeness (QED) is 0.725. The Balaban J connectivity index is 2.69. The second kappa shape index (κ2) is 4.91. The molecular formula is C12H16FN. The van der Waals surface area contributed by atoms with Crippen LogP contribution in [0.2, 0.25) is 0 Å². The molecule has 2 atom stereocenters. The molecule has 0 amide bonds. The zero-order valence-electron chi connectivity index (χ0n) is 8.63. The number of benzene rings is 1. The van der Waals surface area contributed by atoms with Gasteiger partial charge in [-0.1, -0.05) is 18.2 Å². The predicted octanol–water partition coefficient (Wildman–Crippen LogP) is 3.05. The smallest absolute Gasteiger partial charge is 0.123 e. The van der Waals surface area contributed by atoms with Crippen LogP contribution in [0.15, 0.2) is 36.9 Å². The molecule has 1 unspecified atom stereocenters. The van der Waals surface area contributed by atoms with Crippen molar-refractivity contribution in [3.8, 4) is 0 Å². The van der Waals surface area contributed by atoms with E-state index in [0.717, 1.165) is 5.56 Å². The summed E-state index contributed by atoms with van der Waals surface area (Å²) in [5, 5.41) is 3.29. The summed E-state index contributed by atoms with van der Waals surface area (Å²) < 4.78 is 12.9. The first-order valence-corrected chi connectivity index (χ1v) is 4.77. The van der Waals surface area contributed by atoms with Crippen molar-refractivity contribution in [2.45, 2.75) is 25.9 Å². The number of rotatable bonds is 4. The SMILES string of the molecule is C=CC(C)N[C@H](C)c1cccc(F)c1. The Morgan fingerprint density at radius 1 is 1.43 bits per heavy atom. The Hall–Kier alpha value is -1.15. The Morgan fingerprint density at radius 3 is 2.71 bits per heavy atom. The third-order valence-corrected chi connectivity index (χ3v) is 2.22. The zero-order valence-corrected chi connectivity index (χ0v) is 8.63. The van der Waals surface area contributed by atoms with Crippen LogP contribution in [0.4, 0.5) is 4.39 Å². The first-order chi connectivity index (χ1) is 6.63. The van der Waals surface area contributed by atoms with Crippen LogP contribution in [0, 0.1) is 5.82 Å². The molecular weight excluding hydrogens is 177 g/mol. The van der Waals surface area contributed by atoms with Gasteiger partial charge in [0.05, 0.1) is 0 Å². The van der Waals surface area contributed by atoms with Gasteiger partial charge < -0.3 is 5.32 Å². The van der Waals surface area contributed by atoms with Crippen molar-refractivity contribution in [2.75, 3.05) is 0 Å². The fourth-order valence-electron chi connectivity index (χ4n) is 1.33. The van der Waals surface area contributed by atoms with Crippen LogP contribution in [0.25, 0.3) is 0 Å². The molecule has 14 heavy (non-hydrogen) atoms. The zero-order chi connectivity index (χ0) is 10.6. The van der Waals surface area contributed by atoms with E-state index in [1.54, 1.807) is 12.1 Å². The molecule has 1 aromatic rings. The van der Waals surface area contributed by atoms with E-state index in [2.05, 4.69) is 11.9 Å². The lowest BCUT2D eigenvalue weighted by molar-refractivity contribution is 0.532. The minimum Gasteiger partial charge on any atom is -0.304 e. The van der Waals surface area contributed by atoms with E-state index in [4.69, 9.17) is 0 Å². The van der Waals surface area contributed by atoms with Crippen molar-refractivity contribution < 1.29 is 4.39 Å². The maximum absolute atomic E-state index is 12.9. The van der Waals surface area contributed by atoms with Gasteiger partial charge in [-0.05, 0) is 31.5 Å². The van der Waals surface area contributed by atoms with Gasteiger partial charge in [0.2, 0.25) is 0 Å². The van der Waals surface area contributed by atoms with E-state index >= 15 is 0 Å². The highest BCUT2D eigenvalue weighted by Gasteiger charge is 2.07. The fourth-order valence-corrected chi connectivity index (χ4v) is 1.33. The molecule has 0 fully saturated rings. The summed E-state index contributed by atoms with van der Waals surface area (Å²) in [5.41, 5.74) is 0.957. The molecule has 0 spiro atoms. The summed E-state index contributed by atoms with van der Waals surface area (Å²) in [6, 6.07) is 7.01. The Morgan fingerprint density at radius 2 is 2.14 bits per heavy atom. The Bertz CT molecular complexity index is 309. The first kappa shape index (κ1) is 10.9. The van der Waals surface area contributed by atoms with E-state index < -0.39 is 0 Å². The molecule has 0 aliphatic rings. The topological polar surface area (TPSA) is 12.0 Å². The Labute approximate surface area is 84.6 Å². The van der Waals surface area contributed by atoms with Crippen molar-refractivity contribution in [1.29, 1.82) is 0 Å². The molecule has 1 N–H and O–H groups in total. The van der Waals surface area contributed by atoms with Crippen LogP contribution >= 0.6 is 0 Å². The standard InChI is InChI=1S/C12H16FN/c1-4-9(2)14-10(3)11-6-5-7-12(13)8-11/h4-10,14H,1H2,2-3H3/t9?,10-/m1/s1. The monoisotopic (exact) mass is 193 g/mol. The second-order valence-electron chi connectivity index (χ2n) is 3.47. The third kappa shape index (κ3) is 2.96. The van der Waals surface area contributed by atoms with Crippen molar-refractivity contribution in [3.63, 3.8) is 0 Å². The van der Waals surface area contributed by atoms with E-state index in [9.17, 15) is 4.39 Å². The van der Waals surface area contributed by atoms with Crippen LogP contribution in [0.3, 0.4) is 0 Å². The maximum atomic E-state index is 12.9. The molecule has 0 heterocycles. The molecule has 0 aliphatic heterocycles. The van der Waals surface area contributed by atoms with Crippen LogP contribution in [-0.2, 0) is 0 Å². The summed E-state index contributed by atoms with van der Waals surface area (Å²) in [5.74, 6) is -0.192. The van der Waals surface area contributed by atoms with E-state index in [-0.39, 0.29) is 17.9 Å². The van der Waals surface area contributed by atoms with Crippen molar-refractivity contribution in [1.82, 2.24) is 5.32 Å². The molecule has 0 aromatic heterocycles. The molecule has 2 heteroatoms. The van der Waals surface area contributed by atoms with Crippen LogP contribution < -0.4 is 5.32 Å². The molecule has 76 valence electrons. The highest BCUT2D eigenvalue weighted by atomic mass is 19.1. The average Bonchev–Trinajstić information content (AvgIpc) is 2.17. The van der Waals surface area contributed by atoms with Crippen molar-refractivity contribution >= 4 is 0 Å². The van der Waals surface area contributed by atoms with E-state index in [1.807, 2.05) is 26.0 Å². The summed E-state index contributed by atoms with van der Waals surface area (Å²) in [4.78, 5) is 0. The highest BCUT2D eigenvalue weighted by molar-refractivity contribution is 5.19. The molecule has 1 aromatic carbocycles. The number of hydrogen-bond acceptors (Lipinski definition) is 1. The molecule has 1 rings (SSSR count). The predicted molar refractivity (Wildman–Crippen MR) is 57.6 cm³/mol. The van der Waals surface area contributed by atoms with Gasteiger partial charge in [0.15, 0.2) is 0 Å².